The Morgan fingerprint density at radius 3 is 2.75 bits per heavy atom. The number of Topliss-reactive ketones (excluding diaryl/α,β-unsaturated/α-hetero) is 1. The summed E-state index contributed by atoms with van der Waals surface area (Å²) in [5.74, 6) is -3.46. The Morgan fingerprint density at radius 1 is 1.28 bits per heavy atom. The van der Waals surface area contributed by atoms with Crippen LogP contribution in [0.5, 0.6) is 5.75 Å². The SMILES string of the molecule is CN1CN(C[C@H]2CCCO2)C(=O)c2c(O)c(=O)c(C(=O)CCc3ccc(F)cc3F)cn21. The van der Waals surface area contributed by atoms with E-state index in [4.69, 9.17) is 4.74 Å². The number of aromatic nitrogens is 1. The highest BCUT2D eigenvalue weighted by Gasteiger charge is 2.34. The van der Waals surface area contributed by atoms with Crippen molar-refractivity contribution < 1.29 is 28.2 Å². The zero-order chi connectivity index (χ0) is 23.0. The maximum Gasteiger partial charge on any atom is 0.277 e. The van der Waals surface area contributed by atoms with Gasteiger partial charge in [-0.1, -0.05) is 6.07 Å². The number of fused-ring (bicyclic) bond motifs is 1. The van der Waals surface area contributed by atoms with Crippen molar-refractivity contribution in [2.24, 2.45) is 0 Å². The summed E-state index contributed by atoms with van der Waals surface area (Å²) in [5.41, 5.74) is -1.34. The van der Waals surface area contributed by atoms with Crippen molar-refractivity contribution in [1.82, 2.24) is 9.58 Å². The van der Waals surface area contributed by atoms with Crippen molar-refractivity contribution >= 4 is 11.7 Å². The average molecular weight is 447 g/mol. The van der Waals surface area contributed by atoms with Crippen molar-refractivity contribution in [2.45, 2.75) is 31.8 Å². The van der Waals surface area contributed by atoms with Crippen LogP contribution < -0.4 is 10.4 Å². The molecule has 4 rings (SSSR count). The van der Waals surface area contributed by atoms with Crippen LogP contribution in [0.25, 0.3) is 0 Å². The van der Waals surface area contributed by atoms with Crippen molar-refractivity contribution in [3.8, 4) is 5.75 Å². The largest absolute Gasteiger partial charge is 0.502 e. The van der Waals surface area contributed by atoms with Crippen LogP contribution in [0.4, 0.5) is 8.78 Å². The predicted molar refractivity (Wildman–Crippen MR) is 110 cm³/mol. The van der Waals surface area contributed by atoms with E-state index in [1.807, 2.05) is 0 Å². The van der Waals surface area contributed by atoms with E-state index in [2.05, 4.69) is 0 Å². The smallest absolute Gasteiger partial charge is 0.277 e. The van der Waals surface area contributed by atoms with E-state index in [1.54, 1.807) is 12.1 Å². The van der Waals surface area contributed by atoms with Gasteiger partial charge in [-0.15, -0.1) is 0 Å². The monoisotopic (exact) mass is 447 g/mol. The molecule has 0 bridgehead atoms. The summed E-state index contributed by atoms with van der Waals surface area (Å²) in [4.78, 5) is 39.8. The molecule has 1 atom stereocenters. The highest BCUT2D eigenvalue weighted by atomic mass is 19.1. The molecular formula is C22H23F2N3O5. The molecule has 0 spiro atoms. The molecule has 1 saturated heterocycles. The third-order valence-corrected chi connectivity index (χ3v) is 5.78. The third kappa shape index (κ3) is 4.10. The van der Waals surface area contributed by atoms with Crippen molar-refractivity contribution in [3.05, 3.63) is 63.1 Å². The fourth-order valence-corrected chi connectivity index (χ4v) is 4.07. The molecule has 10 heteroatoms. The Labute approximate surface area is 182 Å². The number of ketones is 1. The van der Waals surface area contributed by atoms with Gasteiger partial charge in [0.15, 0.2) is 17.2 Å². The Balaban J connectivity index is 1.57. The molecule has 0 unspecified atom stereocenters. The van der Waals surface area contributed by atoms with Crippen molar-refractivity contribution in [3.63, 3.8) is 0 Å². The summed E-state index contributed by atoms with van der Waals surface area (Å²) in [5, 5.41) is 12.1. The number of amides is 1. The van der Waals surface area contributed by atoms with Crippen LogP contribution in [0.2, 0.25) is 0 Å². The highest BCUT2D eigenvalue weighted by Crippen LogP contribution is 2.23. The van der Waals surface area contributed by atoms with E-state index in [1.165, 1.54) is 21.8 Å². The summed E-state index contributed by atoms with van der Waals surface area (Å²) in [7, 11) is 1.66. The topological polar surface area (TPSA) is 92.1 Å². The predicted octanol–water partition coefficient (Wildman–Crippen LogP) is 1.81. The molecule has 8 nitrogen and oxygen atoms in total. The third-order valence-electron chi connectivity index (χ3n) is 5.78. The molecule has 2 aliphatic heterocycles. The molecule has 1 N–H and O–H groups in total. The number of aromatic hydroxyl groups is 1. The standard InChI is InChI=1S/C22H23F2N3O5/c1-25-12-26(10-15-3-2-8-32-15)22(31)19-21(30)20(29)16(11-27(19)25)18(28)7-5-13-4-6-14(23)9-17(13)24/h4,6,9,11,15,30H,2-3,5,7-8,10,12H2,1H3/t15-/m1/s1. The van der Waals surface area contributed by atoms with Gasteiger partial charge in [-0.05, 0) is 30.9 Å². The molecule has 2 aromatic rings. The summed E-state index contributed by atoms with van der Waals surface area (Å²) in [6, 6.07) is 3.05. The number of nitrogens with zero attached hydrogens (tertiary/aromatic N) is 3. The number of ether oxygens (including phenoxy) is 1. The fraction of sp³-hybridized carbons (Fsp3) is 0.409. The number of carbonyl (C=O) groups excluding carboxylic acids is 2. The number of hydrogen-bond donors (Lipinski definition) is 1. The van der Waals surface area contributed by atoms with Crippen LogP contribution in [0.1, 0.15) is 45.7 Å². The number of aryl methyl sites for hydroxylation is 1. The first kappa shape index (κ1) is 21.9. The number of carbonyl (C=O) groups is 2. The molecule has 170 valence electrons. The minimum Gasteiger partial charge on any atom is -0.502 e. The van der Waals surface area contributed by atoms with E-state index in [0.29, 0.717) is 13.2 Å². The number of hydrogen-bond acceptors (Lipinski definition) is 6. The fourth-order valence-electron chi connectivity index (χ4n) is 4.07. The minimum absolute atomic E-state index is 0.0448. The molecule has 2 aliphatic rings. The maximum absolute atomic E-state index is 13.8. The maximum atomic E-state index is 13.8. The first-order valence-corrected chi connectivity index (χ1v) is 10.3. The highest BCUT2D eigenvalue weighted by molar-refractivity contribution is 6.00. The van der Waals surface area contributed by atoms with E-state index in [9.17, 15) is 28.3 Å². The Kier molecular flexibility index (Phi) is 5.96. The molecule has 32 heavy (non-hydrogen) atoms. The van der Waals surface area contributed by atoms with Crippen LogP contribution in [-0.2, 0) is 11.2 Å². The molecule has 1 aromatic carbocycles. The van der Waals surface area contributed by atoms with Gasteiger partial charge in [0.1, 0.15) is 18.3 Å². The van der Waals surface area contributed by atoms with Crippen LogP contribution >= 0.6 is 0 Å². The van der Waals surface area contributed by atoms with E-state index in [0.717, 1.165) is 25.0 Å². The summed E-state index contributed by atoms with van der Waals surface area (Å²) < 4.78 is 33.8. The van der Waals surface area contributed by atoms with Gasteiger partial charge in [-0.3, -0.25) is 24.1 Å². The number of pyridine rings is 1. The zero-order valence-corrected chi connectivity index (χ0v) is 17.5. The molecular weight excluding hydrogens is 424 g/mol. The number of benzene rings is 1. The second kappa shape index (κ2) is 8.70. The summed E-state index contributed by atoms with van der Waals surface area (Å²) in [6.45, 7) is 1.15. The Bertz CT molecular complexity index is 1130. The normalized spacial score (nSPS) is 18.2. The van der Waals surface area contributed by atoms with E-state index >= 15 is 0 Å². The molecule has 1 fully saturated rings. The lowest BCUT2D eigenvalue weighted by atomic mass is 10.0. The Hall–Kier alpha value is -3.27. The van der Waals surface area contributed by atoms with Gasteiger partial charge in [0.25, 0.3) is 5.91 Å². The molecule has 0 radical (unpaired) electrons. The molecule has 3 heterocycles. The zero-order valence-electron chi connectivity index (χ0n) is 17.5. The van der Waals surface area contributed by atoms with Gasteiger partial charge in [0.05, 0.1) is 11.7 Å². The average Bonchev–Trinajstić information content (AvgIpc) is 3.26. The van der Waals surface area contributed by atoms with E-state index in [-0.39, 0.29) is 42.4 Å². The molecule has 0 aliphatic carbocycles. The lowest BCUT2D eigenvalue weighted by molar-refractivity contribution is 0.0465. The van der Waals surface area contributed by atoms with Gasteiger partial charge in [-0.25, -0.2) is 8.78 Å². The van der Waals surface area contributed by atoms with Gasteiger partial charge in [0, 0.05) is 38.9 Å². The lowest BCUT2D eigenvalue weighted by Gasteiger charge is -2.38. The molecule has 1 aromatic heterocycles. The van der Waals surface area contributed by atoms with Crippen LogP contribution in [0.15, 0.2) is 29.2 Å². The number of rotatable bonds is 6. The Morgan fingerprint density at radius 2 is 2.06 bits per heavy atom. The summed E-state index contributed by atoms with van der Waals surface area (Å²) in [6.07, 6.45) is 2.60. The minimum atomic E-state index is -0.957. The molecule has 0 saturated carbocycles. The van der Waals surface area contributed by atoms with E-state index < -0.39 is 34.5 Å². The van der Waals surface area contributed by atoms with Crippen molar-refractivity contribution in [1.29, 1.82) is 0 Å². The van der Waals surface area contributed by atoms with Crippen LogP contribution in [-0.4, -0.2) is 59.3 Å². The van der Waals surface area contributed by atoms with Crippen LogP contribution in [0.3, 0.4) is 0 Å². The second-order valence-corrected chi connectivity index (χ2v) is 8.03. The van der Waals surface area contributed by atoms with Gasteiger partial charge in [0.2, 0.25) is 5.43 Å². The summed E-state index contributed by atoms with van der Waals surface area (Å²) >= 11 is 0. The van der Waals surface area contributed by atoms with Gasteiger partial charge in [-0.2, -0.15) is 0 Å². The lowest BCUT2D eigenvalue weighted by Crippen LogP contribution is -2.54. The van der Waals surface area contributed by atoms with Crippen LogP contribution in [0, 0.1) is 11.6 Å². The van der Waals surface area contributed by atoms with Gasteiger partial charge >= 0.3 is 0 Å². The first-order chi connectivity index (χ1) is 15.3. The number of halogens is 2. The second-order valence-electron chi connectivity index (χ2n) is 8.03. The van der Waals surface area contributed by atoms with Gasteiger partial charge < -0.3 is 14.7 Å². The quantitative estimate of drug-likeness (QED) is 0.680. The van der Waals surface area contributed by atoms with Crippen molar-refractivity contribution in [2.75, 3.05) is 31.9 Å². The first-order valence-electron chi connectivity index (χ1n) is 10.3. The molecule has 1 amide bonds.